The van der Waals surface area contributed by atoms with Gasteiger partial charge in [-0.15, -0.1) is 0 Å². The van der Waals surface area contributed by atoms with E-state index in [4.69, 9.17) is 21.4 Å². The van der Waals surface area contributed by atoms with Gasteiger partial charge < -0.3 is 15.2 Å². The minimum atomic E-state index is -0.272. The highest BCUT2D eigenvalue weighted by Gasteiger charge is 2.13. The van der Waals surface area contributed by atoms with Crippen LogP contribution in [0.4, 0.5) is 0 Å². The molecular weight excluding hydrogens is 268 g/mol. The summed E-state index contributed by atoms with van der Waals surface area (Å²) >= 11 is 6.01. The van der Waals surface area contributed by atoms with E-state index in [1.165, 1.54) is 12.3 Å². The van der Waals surface area contributed by atoms with Crippen LogP contribution in [-0.4, -0.2) is 34.8 Å². The lowest BCUT2D eigenvalue weighted by atomic mass is 10.2. The molecule has 1 atom stereocenters. The lowest BCUT2D eigenvalue weighted by molar-refractivity contribution is 0.0934. The summed E-state index contributed by atoms with van der Waals surface area (Å²) in [6, 6.07) is 1.41. The number of nitrogens with zero attached hydrogens (tertiary/aromatic N) is 1. The van der Waals surface area contributed by atoms with Crippen molar-refractivity contribution in [2.75, 3.05) is 6.61 Å². The Morgan fingerprint density at radius 1 is 1.53 bits per heavy atom. The molecule has 19 heavy (non-hydrogen) atoms. The van der Waals surface area contributed by atoms with Crippen LogP contribution in [0.2, 0.25) is 5.02 Å². The van der Waals surface area contributed by atoms with Crippen molar-refractivity contribution in [3.63, 3.8) is 0 Å². The molecule has 1 aromatic rings. The number of pyridine rings is 1. The summed E-state index contributed by atoms with van der Waals surface area (Å²) in [5.74, 6) is 0.0445. The van der Waals surface area contributed by atoms with E-state index in [2.05, 4.69) is 10.3 Å². The van der Waals surface area contributed by atoms with Crippen molar-refractivity contribution in [3.05, 3.63) is 22.8 Å². The number of halogens is 1. The van der Waals surface area contributed by atoms with Gasteiger partial charge in [-0.05, 0) is 33.3 Å². The highest BCUT2D eigenvalue weighted by Crippen LogP contribution is 2.23. The van der Waals surface area contributed by atoms with Gasteiger partial charge in [-0.25, -0.2) is 4.98 Å². The van der Waals surface area contributed by atoms with E-state index in [9.17, 15) is 4.79 Å². The van der Waals surface area contributed by atoms with Gasteiger partial charge in [0, 0.05) is 18.8 Å². The molecule has 106 valence electrons. The number of aromatic nitrogens is 1. The van der Waals surface area contributed by atoms with E-state index in [0.29, 0.717) is 22.9 Å². The van der Waals surface area contributed by atoms with E-state index in [-0.39, 0.29) is 24.7 Å². The Hall–Kier alpha value is -1.33. The molecule has 6 heteroatoms. The van der Waals surface area contributed by atoms with Crippen LogP contribution in [0.15, 0.2) is 12.3 Å². The first-order chi connectivity index (χ1) is 8.93. The second-order valence-corrected chi connectivity index (χ2v) is 4.97. The molecule has 0 saturated carbocycles. The highest BCUT2D eigenvalue weighted by atomic mass is 35.5. The second-order valence-electron chi connectivity index (χ2n) is 4.56. The molecule has 1 amide bonds. The number of amides is 1. The zero-order valence-corrected chi connectivity index (χ0v) is 12.1. The molecule has 0 spiro atoms. The molecule has 0 radical (unpaired) electrons. The van der Waals surface area contributed by atoms with Gasteiger partial charge in [0.2, 0.25) is 5.88 Å². The molecule has 1 heterocycles. The zero-order valence-electron chi connectivity index (χ0n) is 11.3. The number of hydrogen-bond donors (Lipinski definition) is 2. The highest BCUT2D eigenvalue weighted by molar-refractivity contribution is 6.32. The Bertz CT molecular complexity index is 438. The Labute approximate surface area is 117 Å². The molecule has 1 aromatic heterocycles. The van der Waals surface area contributed by atoms with Crippen LogP contribution in [0.5, 0.6) is 5.88 Å². The number of aliphatic hydroxyl groups is 1. The van der Waals surface area contributed by atoms with Crippen molar-refractivity contribution in [2.45, 2.75) is 39.3 Å². The van der Waals surface area contributed by atoms with Gasteiger partial charge in [-0.2, -0.15) is 0 Å². The molecule has 0 aromatic carbocycles. The van der Waals surface area contributed by atoms with E-state index >= 15 is 0 Å². The van der Waals surface area contributed by atoms with Crippen molar-refractivity contribution in [1.82, 2.24) is 10.3 Å². The summed E-state index contributed by atoms with van der Waals surface area (Å²) in [7, 11) is 0. The summed E-state index contributed by atoms with van der Waals surface area (Å²) in [6.45, 7) is 5.59. The predicted octanol–water partition coefficient (Wildman–Crippen LogP) is 2.02. The van der Waals surface area contributed by atoms with E-state index in [1.807, 2.05) is 20.8 Å². The number of rotatable bonds is 6. The minimum absolute atomic E-state index is 0.0294. The molecule has 0 aliphatic heterocycles. The quantitative estimate of drug-likeness (QED) is 0.839. The number of carbonyl (C=O) groups is 1. The molecule has 0 saturated heterocycles. The summed E-state index contributed by atoms with van der Waals surface area (Å²) < 4.78 is 5.39. The summed E-state index contributed by atoms with van der Waals surface area (Å²) in [6.07, 6.45) is 1.89. The van der Waals surface area contributed by atoms with Crippen molar-refractivity contribution in [3.8, 4) is 5.88 Å². The van der Waals surface area contributed by atoms with Crippen molar-refractivity contribution in [2.24, 2.45) is 0 Å². The Balaban J connectivity index is 2.74. The first kappa shape index (κ1) is 15.7. The van der Waals surface area contributed by atoms with Crippen LogP contribution in [0.25, 0.3) is 0 Å². The molecule has 0 unspecified atom stereocenters. The Morgan fingerprint density at radius 2 is 2.21 bits per heavy atom. The third kappa shape index (κ3) is 5.04. The molecule has 2 N–H and O–H groups in total. The van der Waals surface area contributed by atoms with Gasteiger partial charge in [0.15, 0.2) is 0 Å². The average Bonchev–Trinajstić information content (AvgIpc) is 2.31. The van der Waals surface area contributed by atoms with Crippen molar-refractivity contribution in [1.29, 1.82) is 0 Å². The summed E-state index contributed by atoms with van der Waals surface area (Å²) in [5, 5.41) is 11.8. The number of hydrogen-bond acceptors (Lipinski definition) is 4. The smallest absolute Gasteiger partial charge is 0.253 e. The van der Waals surface area contributed by atoms with Crippen LogP contribution in [-0.2, 0) is 0 Å². The van der Waals surface area contributed by atoms with Crippen LogP contribution >= 0.6 is 11.6 Å². The van der Waals surface area contributed by atoms with Crippen LogP contribution in [0.1, 0.15) is 37.6 Å². The van der Waals surface area contributed by atoms with E-state index in [0.717, 1.165) is 0 Å². The minimum Gasteiger partial charge on any atom is -0.474 e. The summed E-state index contributed by atoms with van der Waals surface area (Å²) in [5.41, 5.74) is 0.367. The van der Waals surface area contributed by atoms with Crippen LogP contribution in [0.3, 0.4) is 0 Å². The standard InChI is InChI=1S/C13H19ClN2O3/c1-8(2)19-13-11(14)6-10(7-15-13)12(18)16-9(3)4-5-17/h6-9,17H,4-5H2,1-3H3,(H,16,18)/t9-/m1/s1. The first-order valence-corrected chi connectivity index (χ1v) is 6.55. The monoisotopic (exact) mass is 286 g/mol. The van der Waals surface area contributed by atoms with Gasteiger partial charge in [0.05, 0.1) is 11.7 Å². The van der Waals surface area contributed by atoms with Gasteiger partial charge >= 0.3 is 0 Å². The van der Waals surface area contributed by atoms with Gasteiger partial charge in [-0.1, -0.05) is 11.6 Å². The predicted molar refractivity (Wildman–Crippen MR) is 73.6 cm³/mol. The number of carbonyl (C=O) groups excluding carboxylic acids is 1. The number of aliphatic hydroxyl groups excluding tert-OH is 1. The van der Waals surface area contributed by atoms with Gasteiger partial charge in [-0.3, -0.25) is 4.79 Å². The second kappa shape index (κ2) is 7.31. The maximum Gasteiger partial charge on any atom is 0.253 e. The van der Waals surface area contributed by atoms with Crippen molar-refractivity contribution >= 4 is 17.5 Å². The fourth-order valence-electron chi connectivity index (χ4n) is 1.43. The molecule has 0 aliphatic rings. The zero-order chi connectivity index (χ0) is 14.4. The topological polar surface area (TPSA) is 71.5 Å². The third-order valence-corrected chi connectivity index (χ3v) is 2.63. The maximum atomic E-state index is 11.9. The third-order valence-electron chi connectivity index (χ3n) is 2.36. The van der Waals surface area contributed by atoms with Crippen molar-refractivity contribution < 1.29 is 14.6 Å². The fourth-order valence-corrected chi connectivity index (χ4v) is 1.64. The lowest BCUT2D eigenvalue weighted by Gasteiger charge is -2.13. The lowest BCUT2D eigenvalue weighted by Crippen LogP contribution is -2.33. The van der Waals surface area contributed by atoms with E-state index < -0.39 is 0 Å². The molecule has 1 rings (SSSR count). The fraction of sp³-hybridized carbons (Fsp3) is 0.538. The number of ether oxygens (including phenoxy) is 1. The van der Waals surface area contributed by atoms with Gasteiger partial charge in [0.25, 0.3) is 5.91 Å². The summed E-state index contributed by atoms with van der Waals surface area (Å²) in [4.78, 5) is 15.9. The molecule has 0 fully saturated rings. The maximum absolute atomic E-state index is 11.9. The first-order valence-electron chi connectivity index (χ1n) is 6.18. The van der Waals surface area contributed by atoms with Crippen LogP contribution < -0.4 is 10.1 Å². The van der Waals surface area contributed by atoms with Gasteiger partial charge in [0.1, 0.15) is 5.02 Å². The SMILES string of the molecule is CC(C)Oc1ncc(C(=O)N[C@H](C)CCO)cc1Cl. The molecule has 5 nitrogen and oxygen atoms in total. The van der Waals surface area contributed by atoms with Crippen LogP contribution in [0, 0.1) is 0 Å². The molecular formula is C13H19ClN2O3. The Kier molecular flexibility index (Phi) is 6.05. The normalized spacial score (nSPS) is 12.3. The van der Waals surface area contributed by atoms with E-state index in [1.54, 1.807) is 0 Å². The average molecular weight is 287 g/mol. The number of nitrogens with one attached hydrogen (secondary N) is 1. The Morgan fingerprint density at radius 3 is 2.74 bits per heavy atom. The molecule has 0 aliphatic carbocycles. The largest absolute Gasteiger partial charge is 0.474 e. The molecule has 0 bridgehead atoms.